The Morgan fingerprint density at radius 2 is 1.80 bits per heavy atom. The van der Waals surface area contributed by atoms with Gasteiger partial charge < -0.3 is 0 Å². The second-order valence-electron chi connectivity index (χ2n) is 4.60. The molecule has 1 aliphatic rings. The van der Waals surface area contributed by atoms with Crippen LogP contribution < -0.4 is 0 Å². The molecule has 0 heterocycles. The molecule has 15 heavy (non-hydrogen) atoms. The zero-order valence-electron chi connectivity index (χ0n) is 9.28. The molecule has 1 heteroatoms. The first-order chi connectivity index (χ1) is 7.29. The van der Waals surface area contributed by atoms with Crippen LogP contribution in [0.15, 0.2) is 30.3 Å². The van der Waals surface area contributed by atoms with Gasteiger partial charge >= 0.3 is 0 Å². The molecule has 1 aromatic rings. The van der Waals surface area contributed by atoms with Gasteiger partial charge in [0.05, 0.1) is 0 Å². The van der Waals surface area contributed by atoms with E-state index in [1.807, 2.05) is 30.3 Å². The summed E-state index contributed by atoms with van der Waals surface area (Å²) in [5.41, 5.74) is 0.885. The Labute approximate surface area is 91.5 Å². The average Bonchev–Trinajstić information content (AvgIpc) is 2.30. The van der Waals surface area contributed by atoms with Crippen LogP contribution in [0.5, 0.6) is 0 Å². The van der Waals surface area contributed by atoms with Crippen LogP contribution in [0.25, 0.3) is 0 Å². The summed E-state index contributed by atoms with van der Waals surface area (Å²) in [6.07, 6.45) is 4.80. The molecule has 0 N–H and O–H groups in total. The predicted molar refractivity (Wildman–Crippen MR) is 61.9 cm³/mol. The number of carbonyl (C=O) groups is 1. The van der Waals surface area contributed by atoms with E-state index in [0.717, 1.165) is 12.0 Å². The van der Waals surface area contributed by atoms with E-state index < -0.39 is 0 Å². The summed E-state index contributed by atoms with van der Waals surface area (Å²) >= 11 is 0. The molecule has 0 aromatic heterocycles. The lowest BCUT2D eigenvalue weighted by Gasteiger charge is -2.27. The predicted octanol–water partition coefficient (Wildman–Crippen LogP) is 3.70. The maximum absolute atomic E-state index is 12.2. The van der Waals surface area contributed by atoms with Gasteiger partial charge in [0, 0.05) is 11.5 Å². The van der Waals surface area contributed by atoms with E-state index in [2.05, 4.69) is 6.92 Å². The molecule has 1 fully saturated rings. The van der Waals surface area contributed by atoms with E-state index in [-0.39, 0.29) is 5.92 Å². The van der Waals surface area contributed by atoms with Gasteiger partial charge in [-0.1, -0.05) is 56.5 Å². The molecule has 1 aliphatic carbocycles. The topological polar surface area (TPSA) is 17.1 Å². The summed E-state index contributed by atoms with van der Waals surface area (Å²) in [4.78, 5) is 12.2. The van der Waals surface area contributed by atoms with Crippen LogP contribution in [0.1, 0.15) is 43.0 Å². The van der Waals surface area contributed by atoms with Crippen LogP contribution >= 0.6 is 0 Å². The maximum atomic E-state index is 12.2. The molecule has 0 saturated heterocycles. The summed E-state index contributed by atoms with van der Waals surface area (Å²) in [5, 5.41) is 0. The number of ketones is 1. The summed E-state index contributed by atoms with van der Waals surface area (Å²) in [6, 6.07) is 9.72. The summed E-state index contributed by atoms with van der Waals surface area (Å²) in [7, 11) is 0. The molecule has 0 spiro atoms. The molecule has 0 aliphatic heterocycles. The van der Waals surface area contributed by atoms with Crippen LogP contribution in [0.4, 0.5) is 0 Å². The Morgan fingerprint density at radius 3 is 2.47 bits per heavy atom. The quantitative estimate of drug-likeness (QED) is 0.668. The molecular weight excluding hydrogens is 184 g/mol. The Bertz CT molecular complexity index is 328. The van der Waals surface area contributed by atoms with Gasteiger partial charge in [-0.3, -0.25) is 4.79 Å². The third kappa shape index (κ3) is 2.28. The average molecular weight is 202 g/mol. The zero-order valence-corrected chi connectivity index (χ0v) is 9.28. The maximum Gasteiger partial charge on any atom is 0.166 e. The first kappa shape index (κ1) is 10.4. The van der Waals surface area contributed by atoms with Crippen molar-refractivity contribution in [2.45, 2.75) is 32.6 Å². The molecule has 2 atom stereocenters. The molecule has 80 valence electrons. The highest BCUT2D eigenvalue weighted by Crippen LogP contribution is 2.31. The van der Waals surface area contributed by atoms with Gasteiger partial charge in [-0.25, -0.2) is 0 Å². The molecule has 0 radical (unpaired) electrons. The van der Waals surface area contributed by atoms with Crippen LogP contribution in [0, 0.1) is 11.8 Å². The van der Waals surface area contributed by atoms with Crippen molar-refractivity contribution in [3.63, 3.8) is 0 Å². The van der Waals surface area contributed by atoms with Crippen molar-refractivity contribution in [1.29, 1.82) is 0 Å². The van der Waals surface area contributed by atoms with E-state index in [4.69, 9.17) is 0 Å². The van der Waals surface area contributed by atoms with Crippen molar-refractivity contribution in [2.75, 3.05) is 0 Å². The minimum atomic E-state index is 0.265. The first-order valence-corrected chi connectivity index (χ1v) is 5.88. The summed E-state index contributed by atoms with van der Waals surface area (Å²) in [5.74, 6) is 1.18. The SMILES string of the molecule is C[C@H]1CCCC[C@@H]1C(=O)c1ccccc1. The molecule has 1 saturated carbocycles. The monoisotopic (exact) mass is 202 g/mol. The van der Waals surface area contributed by atoms with Gasteiger partial charge in [-0.05, 0) is 12.3 Å². The van der Waals surface area contributed by atoms with E-state index >= 15 is 0 Å². The highest BCUT2D eigenvalue weighted by molar-refractivity contribution is 5.98. The fourth-order valence-corrected chi connectivity index (χ4v) is 2.52. The lowest BCUT2D eigenvalue weighted by atomic mass is 9.76. The van der Waals surface area contributed by atoms with Crippen molar-refractivity contribution >= 4 is 5.78 Å². The second-order valence-corrected chi connectivity index (χ2v) is 4.60. The van der Waals surface area contributed by atoms with E-state index in [1.54, 1.807) is 0 Å². The number of carbonyl (C=O) groups excluding carboxylic acids is 1. The van der Waals surface area contributed by atoms with Crippen LogP contribution in [-0.4, -0.2) is 5.78 Å². The Balaban J connectivity index is 2.13. The molecule has 2 rings (SSSR count). The standard InChI is InChI=1S/C14H18O/c1-11-7-5-6-10-13(11)14(15)12-8-3-2-4-9-12/h2-4,8-9,11,13H,5-7,10H2,1H3/t11-,13-/m0/s1. The number of Topliss-reactive ketones (excluding diaryl/α,β-unsaturated/α-hetero) is 1. The first-order valence-electron chi connectivity index (χ1n) is 5.88. The van der Waals surface area contributed by atoms with Crippen molar-refractivity contribution in [3.05, 3.63) is 35.9 Å². The van der Waals surface area contributed by atoms with E-state index in [1.165, 1.54) is 19.3 Å². The Kier molecular flexibility index (Phi) is 3.20. The zero-order chi connectivity index (χ0) is 10.7. The summed E-state index contributed by atoms with van der Waals surface area (Å²) in [6.45, 7) is 2.21. The fourth-order valence-electron chi connectivity index (χ4n) is 2.52. The van der Waals surface area contributed by atoms with Crippen molar-refractivity contribution in [1.82, 2.24) is 0 Å². The van der Waals surface area contributed by atoms with Gasteiger partial charge in [-0.2, -0.15) is 0 Å². The molecule has 1 aromatic carbocycles. The van der Waals surface area contributed by atoms with Crippen LogP contribution in [-0.2, 0) is 0 Å². The Hall–Kier alpha value is -1.11. The smallest absolute Gasteiger partial charge is 0.166 e. The summed E-state index contributed by atoms with van der Waals surface area (Å²) < 4.78 is 0. The normalized spacial score (nSPS) is 26.2. The third-order valence-electron chi connectivity index (χ3n) is 3.51. The second kappa shape index (κ2) is 4.61. The van der Waals surface area contributed by atoms with Crippen molar-refractivity contribution in [2.24, 2.45) is 11.8 Å². The van der Waals surface area contributed by atoms with E-state index in [9.17, 15) is 4.79 Å². The minimum Gasteiger partial charge on any atom is -0.294 e. The van der Waals surface area contributed by atoms with Crippen LogP contribution in [0.2, 0.25) is 0 Å². The molecular formula is C14H18O. The highest BCUT2D eigenvalue weighted by Gasteiger charge is 2.27. The fraction of sp³-hybridized carbons (Fsp3) is 0.500. The molecule has 1 nitrogen and oxygen atoms in total. The van der Waals surface area contributed by atoms with E-state index in [0.29, 0.717) is 11.7 Å². The number of hydrogen-bond donors (Lipinski definition) is 0. The highest BCUT2D eigenvalue weighted by atomic mass is 16.1. The van der Waals surface area contributed by atoms with Gasteiger partial charge in [0.2, 0.25) is 0 Å². The van der Waals surface area contributed by atoms with Gasteiger partial charge in [-0.15, -0.1) is 0 Å². The molecule has 0 bridgehead atoms. The minimum absolute atomic E-state index is 0.265. The molecule has 0 unspecified atom stereocenters. The van der Waals surface area contributed by atoms with Gasteiger partial charge in [0.25, 0.3) is 0 Å². The number of rotatable bonds is 2. The largest absolute Gasteiger partial charge is 0.294 e. The van der Waals surface area contributed by atoms with Crippen LogP contribution in [0.3, 0.4) is 0 Å². The van der Waals surface area contributed by atoms with Gasteiger partial charge in [0.1, 0.15) is 0 Å². The number of benzene rings is 1. The third-order valence-corrected chi connectivity index (χ3v) is 3.51. The van der Waals surface area contributed by atoms with Gasteiger partial charge in [0.15, 0.2) is 5.78 Å². The lowest BCUT2D eigenvalue weighted by molar-refractivity contribution is 0.0837. The molecule has 0 amide bonds. The Morgan fingerprint density at radius 1 is 1.13 bits per heavy atom. The van der Waals surface area contributed by atoms with Crippen molar-refractivity contribution < 1.29 is 4.79 Å². The van der Waals surface area contributed by atoms with Crippen molar-refractivity contribution in [3.8, 4) is 0 Å². The lowest BCUT2D eigenvalue weighted by Crippen LogP contribution is -2.25. The number of hydrogen-bond acceptors (Lipinski definition) is 1.